The van der Waals surface area contributed by atoms with E-state index in [0.29, 0.717) is 16.5 Å². The van der Waals surface area contributed by atoms with Crippen LogP contribution < -0.4 is 0 Å². The molecule has 130 valence electrons. The molecule has 4 aromatic rings. The molecule has 0 aliphatic rings. The first-order chi connectivity index (χ1) is 12.6. The number of para-hydroxylation sites is 1. The monoisotopic (exact) mass is 367 g/mol. The average molecular weight is 368 g/mol. The highest BCUT2D eigenvalue weighted by Gasteiger charge is 2.17. The normalized spacial score (nSPS) is 11.0. The minimum absolute atomic E-state index is 0.0946. The van der Waals surface area contributed by atoms with Gasteiger partial charge in [-0.3, -0.25) is 0 Å². The van der Waals surface area contributed by atoms with E-state index >= 15 is 0 Å². The van der Waals surface area contributed by atoms with Crippen LogP contribution in [0.4, 0.5) is 0 Å². The molecular formula is C19H14ClN3O3. The molecule has 2 aromatic heterocycles. The summed E-state index contributed by atoms with van der Waals surface area (Å²) in [5.74, 6) is 0.134. The number of aromatic nitrogens is 3. The van der Waals surface area contributed by atoms with E-state index in [0.717, 1.165) is 16.5 Å². The van der Waals surface area contributed by atoms with Crippen molar-refractivity contribution in [1.29, 1.82) is 0 Å². The maximum Gasteiger partial charge on any atom is 0.340 e. The van der Waals surface area contributed by atoms with Crippen LogP contribution in [0.2, 0.25) is 5.02 Å². The molecule has 4 rings (SSSR count). The van der Waals surface area contributed by atoms with Gasteiger partial charge in [0.2, 0.25) is 5.89 Å². The molecule has 26 heavy (non-hydrogen) atoms. The number of benzene rings is 2. The van der Waals surface area contributed by atoms with Gasteiger partial charge in [-0.15, -0.1) is 10.2 Å². The van der Waals surface area contributed by atoms with Gasteiger partial charge in [0.05, 0.1) is 5.56 Å². The molecule has 0 radical (unpaired) electrons. The summed E-state index contributed by atoms with van der Waals surface area (Å²) in [6.07, 6.45) is 1.75. The summed E-state index contributed by atoms with van der Waals surface area (Å²) in [5.41, 5.74) is 2.20. The summed E-state index contributed by atoms with van der Waals surface area (Å²) in [6.45, 7) is -0.0946. The second-order valence-corrected chi connectivity index (χ2v) is 6.19. The minimum Gasteiger partial charge on any atom is -0.452 e. The van der Waals surface area contributed by atoms with Crippen molar-refractivity contribution in [2.75, 3.05) is 0 Å². The Labute approximate surface area is 154 Å². The summed E-state index contributed by atoms with van der Waals surface area (Å²) in [6, 6.07) is 14.7. The number of esters is 1. The molecule has 0 aliphatic heterocycles. The number of aryl methyl sites for hydroxylation is 1. The second kappa shape index (κ2) is 6.65. The van der Waals surface area contributed by atoms with Gasteiger partial charge in [-0.25, -0.2) is 4.79 Å². The van der Waals surface area contributed by atoms with Crippen LogP contribution in [0.3, 0.4) is 0 Å². The molecule has 0 saturated heterocycles. The van der Waals surface area contributed by atoms with E-state index in [4.69, 9.17) is 20.8 Å². The SMILES string of the molecule is Cn1cc(C(=O)OCc2nnc(-c3ccc(Cl)cc3)o2)c2ccccc21. The van der Waals surface area contributed by atoms with Crippen molar-refractivity contribution >= 4 is 28.5 Å². The Kier molecular flexibility index (Phi) is 4.18. The van der Waals surface area contributed by atoms with Gasteiger partial charge in [0.1, 0.15) is 0 Å². The van der Waals surface area contributed by atoms with Crippen LogP contribution in [0, 0.1) is 0 Å². The first-order valence-corrected chi connectivity index (χ1v) is 8.29. The van der Waals surface area contributed by atoms with Gasteiger partial charge in [0.25, 0.3) is 5.89 Å². The van der Waals surface area contributed by atoms with Crippen molar-refractivity contribution in [3.63, 3.8) is 0 Å². The lowest BCUT2D eigenvalue weighted by Gasteiger charge is -2.00. The van der Waals surface area contributed by atoms with Crippen molar-refractivity contribution in [3.05, 3.63) is 71.2 Å². The third-order valence-corrected chi connectivity index (χ3v) is 4.25. The quantitative estimate of drug-likeness (QED) is 0.504. The Morgan fingerprint density at radius 3 is 2.73 bits per heavy atom. The van der Waals surface area contributed by atoms with Gasteiger partial charge in [-0.1, -0.05) is 29.8 Å². The Hall–Kier alpha value is -3.12. The summed E-state index contributed by atoms with van der Waals surface area (Å²) in [7, 11) is 1.88. The molecular weight excluding hydrogens is 354 g/mol. The Bertz CT molecular complexity index is 1080. The van der Waals surface area contributed by atoms with Crippen LogP contribution >= 0.6 is 11.6 Å². The number of nitrogens with zero attached hydrogens (tertiary/aromatic N) is 3. The summed E-state index contributed by atoms with van der Waals surface area (Å²) in [4.78, 5) is 12.4. The third kappa shape index (κ3) is 3.07. The van der Waals surface area contributed by atoms with Crippen molar-refractivity contribution in [1.82, 2.24) is 14.8 Å². The Morgan fingerprint density at radius 1 is 1.15 bits per heavy atom. The molecule has 2 aromatic carbocycles. The maximum absolute atomic E-state index is 12.4. The highest BCUT2D eigenvalue weighted by Crippen LogP contribution is 2.23. The van der Waals surface area contributed by atoms with E-state index in [-0.39, 0.29) is 12.5 Å². The van der Waals surface area contributed by atoms with E-state index in [1.807, 2.05) is 35.9 Å². The minimum atomic E-state index is -0.437. The number of carbonyl (C=O) groups excluding carboxylic acids is 1. The second-order valence-electron chi connectivity index (χ2n) is 5.75. The van der Waals surface area contributed by atoms with Crippen molar-refractivity contribution < 1.29 is 13.9 Å². The predicted octanol–water partition coefficient (Wildman–Crippen LogP) is 4.24. The Balaban J connectivity index is 1.49. The zero-order valence-corrected chi connectivity index (χ0v) is 14.6. The zero-order chi connectivity index (χ0) is 18.1. The number of carbonyl (C=O) groups is 1. The van der Waals surface area contributed by atoms with Crippen LogP contribution in [-0.2, 0) is 18.4 Å². The number of hydrogen-bond acceptors (Lipinski definition) is 5. The van der Waals surface area contributed by atoms with E-state index < -0.39 is 5.97 Å². The van der Waals surface area contributed by atoms with E-state index in [2.05, 4.69) is 10.2 Å². The van der Waals surface area contributed by atoms with E-state index in [1.54, 1.807) is 30.5 Å². The molecule has 0 aliphatic carbocycles. The topological polar surface area (TPSA) is 70.2 Å². The highest BCUT2D eigenvalue weighted by atomic mass is 35.5. The van der Waals surface area contributed by atoms with Crippen molar-refractivity contribution in [2.24, 2.45) is 7.05 Å². The number of ether oxygens (including phenoxy) is 1. The van der Waals surface area contributed by atoms with Gasteiger partial charge in [0, 0.05) is 34.7 Å². The average Bonchev–Trinajstić information content (AvgIpc) is 3.26. The fraction of sp³-hybridized carbons (Fsp3) is 0.105. The molecule has 7 heteroatoms. The largest absolute Gasteiger partial charge is 0.452 e. The van der Waals surface area contributed by atoms with Crippen LogP contribution in [0.25, 0.3) is 22.4 Å². The molecule has 0 atom stereocenters. The maximum atomic E-state index is 12.4. The standard InChI is InChI=1S/C19H14ClN3O3/c1-23-10-15(14-4-2-3-5-16(14)23)19(24)25-11-17-21-22-18(26-17)12-6-8-13(20)9-7-12/h2-10H,11H2,1H3. The van der Waals surface area contributed by atoms with E-state index in [1.165, 1.54) is 0 Å². The van der Waals surface area contributed by atoms with Gasteiger partial charge in [-0.05, 0) is 30.3 Å². The molecule has 6 nitrogen and oxygen atoms in total. The summed E-state index contributed by atoms with van der Waals surface area (Å²) >= 11 is 5.86. The molecule has 0 N–H and O–H groups in total. The van der Waals surface area contributed by atoms with Gasteiger partial charge >= 0.3 is 5.97 Å². The predicted molar refractivity (Wildman–Crippen MR) is 96.8 cm³/mol. The molecule has 0 unspecified atom stereocenters. The fourth-order valence-corrected chi connectivity index (χ4v) is 2.86. The molecule has 0 fully saturated rings. The lowest BCUT2D eigenvalue weighted by molar-refractivity contribution is 0.0441. The Morgan fingerprint density at radius 2 is 1.92 bits per heavy atom. The van der Waals surface area contributed by atoms with Crippen LogP contribution in [-0.4, -0.2) is 20.7 Å². The van der Waals surface area contributed by atoms with E-state index in [9.17, 15) is 4.79 Å². The fourth-order valence-electron chi connectivity index (χ4n) is 2.73. The smallest absolute Gasteiger partial charge is 0.340 e. The van der Waals surface area contributed by atoms with Gasteiger partial charge in [-0.2, -0.15) is 0 Å². The highest BCUT2D eigenvalue weighted by molar-refractivity contribution is 6.30. The number of rotatable bonds is 4. The number of fused-ring (bicyclic) bond motifs is 1. The van der Waals surface area contributed by atoms with Gasteiger partial charge < -0.3 is 13.7 Å². The number of hydrogen-bond donors (Lipinski definition) is 0. The van der Waals surface area contributed by atoms with Crippen molar-refractivity contribution in [3.8, 4) is 11.5 Å². The molecule has 2 heterocycles. The molecule has 0 spiro atoms. The lowest BCUT2D eigenvalue weighted by atomic mass is 10.2. The van der Waals surface area contributed by atoms with Crippen LogP contribution in [0.1, 0.15) is 16.2 Å². The third-order valence-electron chi connectivity index (χ3n) is 4.00. The molecule has 0 amide bonds. The first kappa shape index (κ1) is 16.4. The molecule has 0 bridgehead atoms. The van der Waals surface area contributed by atoms with Crippen LogP contribution in [0.5, 0.6) is 0 Å². The van der Waals surface area contributed by atoms with Crippen molar-refractivity contribution in [2.45, 2.75) is 6.61 Å². The summed E-state index contributed by atoms with van der Waals surface area (Å²) < 4.78 is 12.8. The zero-order valence-electron chi connectivity index (χ0n) is 13.8. The van der Waals surface area contributed by atoms with Crippen LogP contribution in [0.15, 0.2) is 59.1 Å². The van der Waals surface area contributed by atoms with Gasteiger partial charge in [0.15, 0.2) is 6.61 Å². The lowest BCUT2D eigenvalue weighted by Crippen LogP contribution is -2.05. The number of halogens is 1. The summed E-state index contributed by atoms with van der Waals surface area (Å²) in [5, 5.41) is 9.34. The first-order valence-electron chi connectivity index (χ1n) is 7.91. The molecule has 0 saturated carbocycles.